The number of aliphatic carboxylic acids is 1. The third-order valence-electron chi connectivity index (χ3n) is 3.62. The number of nitrogens with zero attached hydrogens (tertiary/aromatic N) is 1. The number of nitrogens with one attached hydrogen (secondary N) is 1. The van der Waals surface area contributed by atoms with Gasteiger partial charge in [-0.2, -0.15) is 0 Å². The second-order valence-corrected chi connectivity index (χ2v) is 5.05. The van der Waals surface area contributed by atoms with Gasteiger partial charge in [0.25, 0.3) is 0 Å². The summed E-state index contributed by atoms with van der Waals surface area (Å²) in [5.74, 6) is 0.306. The van der Waals surface area contributed by atoms with Crippen molar-refractivity contribution in [1.82, 2.24) is 10.2 Å². The predicted molar refractivity (Wildman–Crippen MR) is 72.3 cm³/mol. The summed E-state index contributed by atoms with van der Waals surface area (Å²) in [4.78, 5) is 24.8. The largest absolute Gasteiger partial charge is 0.480 e. The Morgan fingerprint density at radius 1 is 1.33 bits per heavy atom. The van der Waals surface area contributed by atoms with Gasteiger partial charge in [-0.3, -0.25) is 9.59 Å². The highest BCUT2D eigenvalue weighted by Gasteiger charge is 2.27. The number of amides is 1. The SMILES string of the molecule is O=C(O)[C@@H]1CN(C(=O)Cc2ccc3c(c2)OCO3)CCN1. The molecule has 1 fully saturated rings. The summed E-state index contributed by atoms with van der Waals surface area (Å²) < 4.78 is 10.5. The van der Waals surface area contributed by atoms with Gasteiger partial charge in [0, 0.05) is 19.6 Å². The Kier molecular flexibility index (Phi) is 3.66. The van der Waals surface area contributed by atoms with Crippen molar-refractivity contribution < 1.29 is 24.2 Å². The van der Waals surface area contributed by atoms with Crippen molar-refractivity contribution in [3.8, 4) is 11.5 Å². The molecular weight excluding hydrogens is 276 g/mol. The average Bonchev–Trinajstić information content (AvgIpc) is 2.95. The molecule has 1 saturated heterocycles. The fourth-order valence-corrected chi connectivity index (χ4v) is 2.48. The van der Waals surface area contributed by atoms with E-state index in [2.05, 4.69) is 5.32 Å². The van der Waals surface area contributed by atoms with E-state index in [9.17, 15) is 9.59 Å². The molecule has 0 radical (unpaired) electrons. The molecule has 0 bridgehead atoms. The van der Waals surface area contributed by atoms with Crippen LogP contribution in [-0.2, 0) is 16.0 Å². The van der Waals surface area contributed by atoms with E-state index in [0.717, 1.165) is 5.56 Å². The summed E-state index contributed by atoms with van der Waals surface area (Å²) in [6.45, 7) is 1.40. The summed E-state index contributed by atoms with van der Waals surface area (Å²) in [6, 6.07) is 4.70. The fourth-order valence-electron chi connectivity index (χ4n) is 2.48. The molecule has 1 aromatic rings. The molecular formula is C14H16N2O5. The minimum atomic E-state index is -0.935. The number of carbonyl (C=O) groups excluding carboxylic acids is 1. The maximum absolute atomic E-state index is 12.3. The molecule has 0 saturated carbocycles. The number of carboxylic acids is 1. The number of hydrogen-bond donors (Lipinski definition) is 2. The molecule has 2 heterocycles. The molecule has 2 aliphatic heterocycles. The van der Waals surface area contributed by atoms with E-state index < -0.39 is 12.0 Å². The van der Waals surface area contributed by atoms with E-state index in [4.69, 9.17) is 14.6 Å². The van der Waals surface area contributed by atoms with E-state index in [1.807, 2.05) is 6.07 Å². The topological polar surface area (TPSA) is 88.1 Å². The number of ether oxygens (including phenoxy) is 2. The van der Waals surface area contributed by atoms with Crippen molar-refractivity contribution in [2.45, 2.75) is 12.5 Å². The zero-order chi connectivity index (χ0) is 14.8. The Balaban J connectivity index is 1.64. The van der Waals surface area contributed by atoms with Gasteiger partial charge in [-0.15, -0.1) is 0 Å². The molecule has 7 heteroatoms. The van der Waals surface area contributed by atoms with Crippen LogP contribution in [0.2, 0.25) is 0 Å². The normalized spacial score (nSPS) is 20.4. The van der Waals surface area contributed by atoms with Crippen molar-refractivity contribution in [3.63, 3.8) is 0 Å². The molecule has 0 aromatic heterocycles. The monoisotopic (exact) mass is 292 g/mol. The van der Waals surface area contributed by atoms with Crippen molar-refractivity contribution in [1.29, 1.82) is 0 Å². The lowest BCUT2D eigenvalue weighted by atomic mass is 10.1. The van der Waals surface area contributed by atoms with Crippen molar-refractivity contribution >= 4 is 11.9 Å². The van der Waals surface area contributed by atoms with Gasteiger partial charge in [-0.25, -0.2) is 0 Å². The number of hydrogen-bond acceptors (Lipinski definition) is 5. The number of piperazine rings is 1. The first-order chi connectivity index (χ1) is 10.1. The van der Waals surface area contributed by atoms with Crippen LogP contribution in [0.15, 0.2) is 18.2 Å². The molecule has 0 spiro atoms. The Morgan fingerprint density at radius 3 is 2.95 bits per heavy atom. The molecule has 7 nitrogen and oxygen atoms in total. The first-order valence-electron chi connectivity index (χ1n) is 6.76. The zero-order valence-corrected chi connectivity index (χ0v) is 11.4. The third kappa shape index (κ3) is 2.92. The van der Waals surface area contributed by atoms with Crippen molar-refractivity contribution in [2.75, 3.05) is 26.4 Å². The molecule has 3 rings (SSSR count). The standard InChI is InChI=1S/C14H16N2O5/c17-13(16-4-3-15-10(7-16)14(18)19)6-9-1-2-11-12(5-9)21-8-20-11/h1-2,5,10,15H,3-4,6-8H2,(H,18,19)/t10-/m0/s1. The molecule has 2 aliphatic rings. The van der Waals surface area contributed by atoms with E-state index in [0.29, 0.717) is 24.6 Å². The van der Waals surface area contributed by atoms with Crippen LogP contribution in [0, 0.1) is 0 Å². The summed E-state index contributed by atoms with van der Waals surface area (Å²) in [6.07, 6.45) is 0.225. The Morgan fingerprint density at radius 2 is 2.14 bits per heavy atom. The van der Waals surface area contributed by atoms with Gasteiger partial charge in [-0.05, 0) is 17.7 Å². The van der Waals surface area contributed by atoms with Gasteiger partial charge in [0.2, 0.25) is 12.7 Å². The lowest BCUT2D eigenvalue weighted by Gasteiger charge is -2.31. The first kappa shape index (κ1) is 13.7. The van der Waals surface area contributed by atoms with Gasteiger partial charge < -0.3 is 24.8 Å². The summed E-state index contributed by atoms with van der Waals surface area (Å²) in [7, 11) is 0. The van der Waals surface area contributed by atoms with Crippen LogP contribution >= 0.6 is 0 Å². The Bertz CT molecular complexity index is 574. The molecule has 1 atom stereocenters. The van der Waals surface area contributed by atoms with Crippen LogP contribution in [0.5, 0.6) is 11.5 Å². The van der Waals surface area contributed by atoms with Gasteiger partial charge >= 0.3 is 5.97 Å². The smallest absolute Gasteiger partial charge is 0.322 e. The molecule has 112 valence electrons. The van der Waals surface area contributed by atoms with Crippen molar-refractivity contribution in [3.05, 3.63) is 23.8 Å². The fraction of sp³-hybridized carbons (Fsp3) is 0.429. The minimum Gasteiger partial charge on any atom is -0.480 e. The van der Waals surface area contributed by atoms with Gasteiger partial charge in [0.1, 0.15) is 6.04 Å². The molecule has 21 heavy (non-hydrogen) atoms. The zero-order valence-electron chi connectivity index (χ0n) is 11.4. The maximum Gasteiger partial charge on any atom is 0.322 e. The molecule has 1 amide bonds. The van der Waals surface area contributed by atoms with Gasteiger partial charge in [0.05, 0.1) is 6.42 Å². The number of rotatable bonds is 3. The van der Waals surface area contributed by atoms with E-state index >= 15 is 0 Å². The van der Waals surface area contributed by atoms with E-state index in [1.54, 1.807) is 17.0 Å². The van der Waals surface area contributed by atoms with Gasteiger partial charge in [-0.1, -0.05) is 6.07 Å². The molecule has 0 unspecified atom stereocenters. The van der Waals surface area contributed by atoms with Crippen LogP contribution in [0.1, 0.15) is 5.56 Å². The lowest BCUT2D eigenvalue weighted by Crippen LogP contribution is -2.56. The van der Waals surface area contributed by atoms with Crippen LogP contribution in [0.3, 0.4) is 0 Å². The average molecular weight is 292 g/mol. The van der Waals surface area contributed by atoms with Crippen LogP contribution in [0.25, 0.3) is 0 Å². The maximum atomic E-state index is 12.3. The highest BCUT2D eigenvalue weighted by atomic mass is 16.7. The summed E-state index contributed by atoms with van der Waals surface area (Å²) >= 11 is 0. The van der Waals surface area contributed by atoms with Crippen LogP contribution in [0.4, 0.5) is 0 Å². The minimum absolute atomic E-state index is 0.0818. The summed E-state index contributed by atoms with van der Waals surface area (Å²) in [5, 5.41) is 11.9. The predicted octanol–water partition coefficient (Wildman–Crippen LogP) is -0.157. The molecule has 1 aromatic carbocycles. The molecule has 2 N–H and O–H groups in total. The lowest BCUT2D eigenvalue weighted by molar-refractivity contribution is -0.142. The third-order valence-corrected chi connectivity index (χ3v) is 3.62. The Hall–Kier alpha value is -2.28. The van der Waals surface area contributed by atoms with Gasteiger partial charge in [0.15, 0.2) is 11.5 Å². The second kappa shape index (κ2) is 5.61. The van der Waals surface area contributed by atoms with Crippen LogP contribution in [-0.4, -0.2) is 54.4 Å². The first-order valence-corrected chi connectivity index (χ1v) is 6.76. The quantitative estimate of drug-likeness (QED) is 0.805. The number of benzene rings is 1. The van der Waals surface area contributed by atoms with E-state index in [1.165, 1.54) is 0 Å². The Labute approximate surface area is 121 Å². The molecule has 0 aliphatic carbocycles. The number of carbonyl (C=O) groups is 2. The van der Waals surface area contributed by atoms with Crippen molar-refractivity contribution in [2.24, 2.45) is 0 Å². The number of carboxylic acid groups (broad SMARTS) is 1. The number of fused-ring (bicyclic) bond motifs is 1. The highest BCUT2D eigenvalue weighted by Crippen LogP contribution is 2.32. The summed E-state index contributed by atoms with van der Waals surface area (Å²) in [5.41, 5.74) is 0.828. The second-order valence-electron chi connectivity index (χ2n) is 5.05. The highest BCUT2D eigenvalue weighted by molar-refractivity contribution is 5.81. The van der Waals surface area contributed by atoms with Crippen LogP contribution < -0.4 is 14.8 Å². The van der Waals surface area contributed by atoms with E-state index in [-0.39, 0.29) is 25.7 Å².